The summed E-state index contributed by atoms with van der Waals surface area (Å²) in [6, 6.07) is 17.0. The number of hydrogen-bond acceptors (Lipinski definition) is 6. The Morgan fingerprint density at radius 2 is 1.89 bits per heavy atom. The van der Waals surface area contributed by atoms with Gasteiger partial charge in [-0.05, 0) is 61.4 Å². The van der Waals surface area contributed by atoms with Crippen LogP contribution in [-0.2, 0) is 16.1 Å². The summed E-state index contributed by atoms with van der Waals surface area (Å²) in [6.07, 6.45) is 5.52. The predicted octanol–water partition coefficient (Wildman–Crippen LogP) is 3.87. The Kier molecular flexibility index (Phi) is 6.47. The van der Waals surface area contributed by atoms with Crippen LogP contribution < -0.4 is 15.0 Å². The lowest BCUT2D eigenvalue weighted by Gasteiger charge is -2.31. The number of carbonyl (C=O) groups is 2. The lowest BCUT2D eigenvalue weighted by atomic mass is 10.1. The van der Waals surface area contributed by atoms with E-state index in [-0.39, 0.29) is 24.4 Å². The number of amides is 2. The number of carbonyl (C=O) groups excluding carboxylic acids is 2. The zero-order valence-electron chi connectivity index (χ0n) is 19.5. The molecule has 1 aliphatic carbocycles. The highest BCUT2D eigenvalue weighted by Crippen LogP contribution is 2.31. The molecule has 1 atom stereocenters. The van der Waals surface area contributed by atoms with Crippen molar-refractivity contribution in [2.75, 3.05) is 12.0 Å². The van der Waals surface area contributed by atoms with E-state index in [9.17, 15) is 9.59 Å². The highest BCUT2D eigenvalue weighted by molar-refractivity contribution is 6.01. The first-order chi connectivity index (χ1) is 17.1. The van der Waals surface area contributed by atoms with Gasteiger partial charge in [-0.25, -0.2) is 4.68 Å². The molecule has 0 saturated heterocycles. The Morgan fingerprint density at radius 1 is 1.11 bits per heavy atom. The number of nitrogens with zero attached hydrogens (tertiary/aromatic N) is 4. The van der Waals surface area contributed by atoms with Gasteiger partial charge in [-0.15, -0.1) is 5.10 Å². The number of hydrogen-bond donors (Lipinski definition) is 1. The van der Waals surface area contributed by atoms with Crippen molar-refractivity contribution in [3.8, 4) is 5.75 Å². The normalized spacial score (nSPS) is 14.7. The van der Waals surface area contributed by atoms with E-state index in [1.54, 1.807) is 48.2 Å². The van der Waals surface area contributed by atoms with Gasteiger partial charge in [0.25, 0.3) is 5.91 Å². The second-order valence-electron chi connectivity index (χ2n) is 8.61. The minimum atomic E-state index is -0.985. The average Bonchev–Trinajstić information content (AvgIpc) is 3.66. The van der Waals surface area contributed by atoms with Gasteiger partial charge in [0.2, 0.25) is 5.91 Å². The minimum absolute atomic E-state index is 0.0899. The molecule has 0 spiro atoms. The fourth-order valence-corrected chi connectivity index (χ4v) is 4.59. The van der Waals surface area contributed by atoms with Crippen LogP contribution >= 0.6 is 0 Å². The Hall–Kier alpha value is -4.14. The van der Waals surface area contributed by atoms with E-state index in [4.69, 9.17) is 9.15 Å². The van der Waals surface area contributed by atoms with E-state index in [1.165, 1.54) is 11.2 Å². The number of aromatic nitrogens is 3. The van der Waals surface area contributed by atoms with Gasteiger partial charge in [0.15, 0.2) is 6.04 Å². The summed E-state index contributed by atoms with van der Waals surface area (Å²) in [4.78, 5) is 29.0. The largest absolute Gasteiger partial charge is 0.497 e. The van der Waals surface area contributed by atoms with Crippen LogP contribution in [0.3, 0.4) is 0 Å². The first-order valence-electron chi connectivity index (χ1n) is 11.7. The van der Waals surface area contributed by atoms with Gasteiger partial charge in [0.1, 0.15) is 23.6 Å². The molecular formula is C26H27N5O4. The molecule has 1 unspecified atom stereocenters. The number of rotatable bonds is 8. The number of nitrogens with one attached hydrogen (secondary N) is 1. The van der Waals surface area contributed by atoms with Gasteiger partial charge in [0.05, 0.1) is 18.9 Å². The van der Waals surface area contributed by atoms with Crippen molar-refractivity contribution in [2.24, 2.45) is 0 Å². The van der Waals surface area contributed by atoms with Gasteiger partial charge in [-0.2, -0.15) is 0 Å². The van der Waals surface area contributed by atoms with Crippen molar-refractivity contribution in [1.82, 2.24) is 20.3 Å². The van der Waals surface area contributed by atoms with E-state index in [2.05, 4.69) is 15.6 Å². The molecule has 0 bridgehead atoms. The van der Waals surface area contributed by atoms with Crippen molar-refractivity contribution < 1.29 is 18.7 Å². The van der Waals surface area contributed by atoms with Crippen LogP contribution in [0.4, 0.5) is 5.69 Å². The minimum Gasteiger partial charge on any atom is -0.497 e. The molecule has 1 fully saturated rings. The van der Waals surface area contributed by atoms with Crippen molar-refractivity contribution in [3.05, 3.63) is 72.7 Å². The second kappa shape index (κ2) is 10.0. The SMILES string of the molecule is COc1ccc(N(C(=O)Cn2nnc3ccccc32)C(C(=O)NC2CCCC2)c2ccco2)cc1. The summed E-state index contributed by atoms with van der Waals surface area (Å²) in [5, 5.41) is 11.4. The zero-order chi connectivity index (χ0) is 24.2. The number of furan rings is 1. The maximum Gasteiger partial charge on any atom is 0.251 e. The van der Waals surface area contributed by atoms with Gasteiger partial charge in [-0.1, -0.05) is 30.2 Å². The van der Waals surface area contributed by atoms with E-state index in [0.717, 1.165) is 31.2 Å². The molecule has 2 amide bonds. The molecule has 1 N–H and O–H groups in total. The fraction of sp³-hybridized carbons (Fsp3) is 0.308. The molecular weight excluding hydrogens is 446 g/mol. The molecule has 35 heavy (non-hydrogen) atoms. The lowest BCUT2D eigenvalue weighted by Crippen LogP contribution is -2.47. The van der Waals surface area contributed by atoms with E-state index in [0.29, 0.717) is 22.7 Å². The zero-order valence-corrected chi connectivity index (χ0v) is 19.5. The monoisotopic (exact) mass is 473 g/mol. The molecule has 0 aliphatic heterocycles. The van der Waals surface area contributed by atoms with E-state index >= 15 is 0 Å². The summed E-state index contributed by atoms with van der Waals surface area (Å²) in [6.45, 7) is -0.0968. The summed E-state index contributed by atoms with van der Waals surface area (Å²) < 4.78 is 12.5. The quantitative estimate of drug-likeness (QED) is 0.417. The number of anilines is 1. The standard InChI is InChI=1S/C26H27N5O4/c1-34-20-14-12-19(13-15-20)31(24(32)17-30-22-10-5-4-9-21(22)28-29-30)25(23-11-6-16-35-23)26(33)27-18-7-2-3-8-18/h4-6,9-16,18,25H,2-3,7-8,17H2,1H3,(H,27,33). The van der Waals surface area contributed by atoms with Crippen LogP contribution in [0.15, 0.2) is 71.3 Å². The fourth-order valence-electron chi connectivity index (χ4n) is 4.59. The van der Waals surface area contributed by atoms with Crippen molar-refractivity contribution in [3.63, 3.8) is 0 Å². The first-order valence-corrected chi connectivity index (χ1v) is 11.7. The molecule has 180 valence electrons. The van der Waals surface area contributed by atoms with Crippen LogP contribution in [0, 0.1) is 0 Å². The summed E-state index contributed by atoms with van der Waals surface area (Å²) >= 11 is 0. The van der Waals surface area contributed by atoms with Gasteiger partial charge >= 0.3 is 0 Å². The number of para-hydroxylation sites is 1. The number of benzene rings is 2. The lowest BCUT2D eigenvalue weighted by molar-refractivity contribution is -0.127. The van der Waals surface area contributed by atoms with Crippen LogP contribution in [-0.4, -0.2) is 40.0 Å². The molecule has 0 radical (unpaired) electrons. The number of ether oxygens (including phenoxy) is 1. The molecule has 1 saturated carbocycles. The first kappa shape index (κ1) is 22.6. The highest BCUT2D eigenvalue weighted by Gasteiger charge is 2.36. The average molecular weight is 474 g/mol. The van der Waals surface area contributed by atoms with Crippen LogP contribution in [0.2, 0.25) is 0 Å². The van der Waals surface area contributed by atoms with Gasteiger partial charge in [0, 0.05) is 11.7 Å². The topological polar surface area (TPSA) is 102 Å². The molecule has 9 nitrogen and oxygen atoms in total. The van der Waals surface area contributed by atoms with Crippen molar-refractivity contribution in [2.45, 2.75) is 44.3 Å². The Bertz CT molecular complexity index is 1290. The number of methoxy groups -OCH3 is 1. The smallest absolute Gasteiger partial charge is 0.251 e. The summed E-state index contributed by atoms with van der Waals surface area (Å²) in [5.74, 6) is 0.426. The third-order valence-corrected chi connectivity index (χ3v) is 6.35. The molecule has 5 rings (SSSR count). The van der Waals surface area contributed by atoms with Crippen LogP contribution in [0.1, 0.15) is 37.5 Å². The Balaban J connectivity index is 1.53. The summed E-state index contributed by atoms with van der Waals surface area (Å²) in [7, 11) is 1.58. The third kappa shape index (κ3) is 4.75. The van der Waals surface area contributed by atoms with Crippen molar-refractivity contribution in [1.29, 1.82) is 0 Å². The van der Waals surface area contributed by atoms with Crippen LogP contribution in [0.25, 0.3) is 11.0 Å². The molecule has 1 aliphatic rings. The molecule has 4 aromatic rings. The second-order valence-corrected chi connectivity index (χ2v) is 8.61. The Morgan fingerprint density at radius 3 is 2.60 bits per heavy atom. The Labute approximate surface area is 202 Å². The molecule has 2 heterocycles. The van der Waals surface area contributed by atoms with Gasteiger partial charge in [-0.3, -0.25) is 14.5 Å². The highest BCUT2D eigenvalue weighted by atomic mass is 16.5. The number of fused-ring (bicyclic) bond motifs is 1. The van der Waals surface area contributed by atoms with E-state index < -0.39 is 6.04 Å². The maximum absolute atomic E-state index is 13.9. The third-order valence-electron chi connectivity index (χ3n) is 6.35. The molecule has 2 aromatic carbocycles. The van der Waals surface area contributed by atoms with E-state index in [1.807, 2.05) is 24.3 Å². The maximum atomic E-state index is 13.9. The predicted molar refractivity (Wildman–Crippen MR) is 130 cm³/mol. The molecule has 9 heteroatoms. The van der Waals surface area contributed by atoms with Gasteiger partial charge < -0.3 is 14.5 Å². The molecule has 2 aromatic heterocycles. The van der Waals surface area contributed by atoms with Crippen molar-refractivity contribution >= 4 is 28.5 Å². The summed E-state index contributed by atoms with van der Waals surface area (Å²) in [5.41, 5.74) is 1.97. The van der Waals surface area contributed by atoms with Crippen LogP contribution in [0.5, 0.6) is 5.75 Å².